The molecule has 0 saturated heterocycles. The van der Waals surface area contributed by atoms with Crippen LogP contribution in [0.25, 0.3) is 11.1 Å². The van der Waals surface area contributed by atoms with Crippen LogP contribution in [-0.2, 0) is 32.9 Å². The molecule has 0 N–H and O–H groups in total. The summed E-state index contributed by atoms with van der Waals surface area (Å²) in [5.74, 6) is 2.08. The van der Waals surface area contributed by atoms with E-state index >= 15 is 0 Å². The van der Waals surface area contributed by atoms with Gasteiger partial charge < -0.3 is 9.80 Å². The summed E-state index contributed by atoms with van der Waals surface area (Å²) < 4.78 is 0. The molecule has 0 amide bonds. The van der Waals surface area contributed by atoms with Crippen LogP contribution in [-0.4, -0.2) is 9.97 Å². The second kappa shape index (κ2) is 10.7. The first-order valence-corrected chi connectivity index (χ1v) is 12.1. The number of rotatable bonds is 6. The first-order valence-electron chi connectivity index (χ1n) is 12.1. The van der Waals surface area contributed by atoms with E-state index in [1.165, 1.54) is 27.8 Å². The third-order valence-electron chi connectivity index (χ3n) is 6.51. The molecule has 35 heavy (non-hydrogen) atoms. The van der Waals surface area contributed by atoms with Crippen LogP contribution in [0.4, 0.5) is 23.0 Å². The molecular weight excluding hydrogens is 609 g/mol. The number of hydrogen-bond acceptors (Lipinski definition) is 4. The summed E-state index contributed by atoms with van der Waals surface area (Å²) in [6.45, 7) is 10.9. The second-order valence-corrected chi connectivity index (χ2v) is 8.93. The van der Waals surface area contributed by atoms with Crippen LogP contribution in [0.2, 0.25) is 0 Å². The van der Waals surface area contributed by atoms with E-state index in [-0.39, 0.29) is 20.1 Å². The van der Waals surface area contributed by atoms with Gasteiger partial charge in [0.1, 0.15) is 11.6 Å². The molecule has 2 heterocycles. The molecule has 5 heteroatoms. The molecule has 4 nitrogen and oxygen atoms in total. The molecule has 0 spiro atoms. The third-order valence-corrected chi connectivity index (χ3v) is 6.51. The molecule has 0 bridgehead atoms. The minimum Gasteiger partial charge on any atom is -0.477 e. The smallest absolute Gasteiger partial charge is 0.145 e. The van der Waals surface area contributed by atoms with Gasteiger partial charge in [0.05, 0.1) is 0 Å². The zero-order valence-electron chi connectivity index (χ0n) is 20.6. The minimum atomic E-state index is 0. The van der Waals surface area contributed by atoms with Crippen molar-refractivity contribution >= 4 is 23.0 Å². The van der Waals surface area contributed by atoms with Gasteiger partial charge in [0, 0.05) is 38.2 Å². The van der Waals surface area contributed by atoms with E-state index in [2.05, 4.69) is 121 Å². The number of aryl methyl sites for hydroxylation is 2. The third kappa shape index (κ3) is 4.76. The molecular formula is C30H30IrN4-2. The number of anilines is 4. The first kappa shape index (κ1) is 25.1. The van der Waals surface area contributed by atoms with Crippen LogP contribution < -0.4 is 9.80 Å². The van der Waals surface area contributed by atoms with E-state index in [4.69, 9.17) is 0 Å². The van der Waals surface area contributed by atoms with Crippen LogP contribution in [0.3, 0.4) is 0 Å². The molecule has 181 valence electrons. The topological polar surface area (TPSA) is 32.3 Å². The van der Waals surface area contributed by atoms with Crippen molar-refractivity contribution in [2.45, 2.75) is 46.5 Å². The van der Waals surface area contributed by atoms with E-state index in [0.717, 1.165) is 35.9 Å². The monoisotopic (exact) mass is 639 g/mol. The molecule has 4 aromatic rings. The van der Waals surface area contributed by atoms with Gasteiger partial charge in [-0.05, 0) is 41.2 Å². The van der Waals surface area contributed by atoms with Gasteiger partial charge in [-0.1, -0.05) is 70.5 Å². The molecule has 1 aromatic heterocycles. The van der Waals surface area contributed by atoms with Crippen molar-refractivity contribution in [1.29, 1.82) is 0 Å². The summed E-state index contributed by atoms with van der Waals surface area (Å²) >= 11 is 0. The molecule has 0 atom stereocenters. The van der Waals surface area contributed by atoms with Crippen molar-refractivity contribution in [1.82, 2.24) is 9.97 Å². The van der Waals surface area contributed by atoms with Crippen molar-refractivity contribution in [2.24, 2.45) is 0 Å². The maximum absolute atomic E-state index is 4.69. The van der Waals surface area contributed by atoms with E-state index in [9.17, 15) is 0 Å². The summed E-state index contributed by atoms with van der Waals surface area (Å²) in [7, 11) is 0. The fourth-order valence-electron chi connectivity index (χ4n) is 4.58. The van der Waals surface area contributed by atoms with Gasteiger partial charge in [-0.3, -0.25) is 0 Å². The summed E-state index contributed by atoms with van der Waals surface area (Å²) in [6, 6.07) is 25.3. The molecule has 0 unspecified atom stereocenters. The predicted molar refractivity (Wildman–Crippen MR) is 141 cm³/mol. The van der Waals surface area contributed by atoms with Gasteiger partial charge in [-0.15, -0.1) is 29.5 Å². The summed E-state index contributed by atoms with van der Waals surface area (Å²) in [5.41, 5.74) is 8.54. The number of fused-ring (bicyclic) bond motifs is 1. The molecule has 1 radical (unpaired) electrons. The average Bonchev–Trinajstić information content (AvgIpc) is 3.28. The van der Waals surface area contributed by atoms with E-state index in [1.807, 2.05) is 0 Å². The largest absolute Gasteiger partial charge is 0.477 e. The van der Waals surface area contributed by atoms with Crippen LogP contribution >= 0.6 is 0 Å². The van der Waals surface area contributed by atoms with Gasteiger partial charge in [-0.25, -0.2) is 9.97 Å². The number of nitrogens with zero attached hydrogens (tertiary/aromatic N) is 4. The molecule has 0 aliphatic carbocycles. The zero-order chi connectivity index (χ0) is 23.7. The van der Waals surface area contributed by atoms with E-state index in [1.54, 1.807) is 12.4 Å². The van der Waals surface area contributed by atoms with Crippen molar-refractivity contribution in [3.05, 3.63) is 102 Å². The Hall–Kier alpha value is -3.01. The Morgan fingerprint density at radius 3 is 2.20 bits per heavy atom. The molecule has 5 rings (SSSR count). The number of benzene rings is 3. The first-order chi connectivity index (χ1) is 16.6. The van der Waals surface area contributed by atoms with E-state index in [0.29, 0.717) is 5.92 Å². The maximum Gasteiger partial charge on any atom is 0.145 e. The number of hydrogen-bond donors (Lipinski definition) is 0. The average molecular weight is 639 g/mol. The van der Waals surface area contributed by atoms with Gasteiger partial charge in [0.25, 0.3) is 0 Å². The fourth-order valence-corrected chi connectivity index (χ4v) is 4.58. The number of aromatic nitrogens is 2. The quantitative estimate of drug-likeness (QED) is 0.204. The van der Waals surface area contributed by atoms with Crippen LogP contribution in [0.5, 0.6) is 0 Å². The van der Waals surface area contributed by atoms with Crippen LogP contribution in [0.1, 0.15) is 50.3 Å². The normalized spacial score (nSPS) is 12.6. The Morgan fingerprint density at radius 2 is 1.54 bits per heavy atom. The zero-order valence-corrected chi connectivity index (χ0v) is 23.0. The van der Waals surface area contributed by atoms with Crippen molar-refractivity contribution < 1.29 is 20.1 Å². The van der Waals surface area contributed by atoms with Crippen LogP contribution in [0, 0.1) is 12.7 Å². The Kier molecular flexibility index (Phi) is 7.69. The van der Waals surface area contributed by atoms with Gasteiger partial charge >= 0.3 is 0 Å². The predicted octanol–water partition coefficient (Wildman–Crippen LogP) is 7.60. The second-order valence-electron chi connectivity index (χ2n) is 8.93. The molecule has 0 saturated carbocycles. The summed E-state index contributed by atoms with van der Waals surface area (Å²) in [6.07, 6.45) is 5.47. The van der Waals surface area contributed by atoms with Crippen molar-refractivity contribution in [2.75, 3.05) is 9.80 Å². The molecule has 3 aromatic carbocycles. The standard InChI is InChI=1S/C30H30N4.Ir/c1-5-22-11-14-24(15-12-22)33-20-34(30-29(33)31-17-18-32-30)25-16-13-23(6-2)28(19-25)27-10-8-7-9-26(27)21(3)4;/h7-15,17-21H,5-6H2,1-4H3;/q-2;. The molecule has 1 aliphatic rings. The van der Waals surface area contributed by atoms with Crippen LogP contribution in [0.15, 0.2) is 73.1 Å². The van der Waals surface area contributed by atoms with Crippen molar-refractivity contribution in [3.63, 3.8) is 0 Å². The minimum absolute atomic E-state index is 0. The SMILES string of the molecule is CCc1ccc(N2[CH-]N(c3[c-]cc(CC)c(-c4ccccc4C(C)C)c3)c3nccnc32)cc1.[Ir]. The maximum atomic E-state index is 4.69. The van der Waals surface area contributed by atoms with Crippen molar-refractivity contribution in [3.8, 4) is 11.1 Å². The van der Waals surface area contributed by atoms with E-state index < -0.39 is 0 Å². The Bertz CT molecular complexity index is 1300. The van der Waals surface area contributed by atoms with Gasteiger partial charge in [0.2, 0.25) is 0 Å². The Morgan fingerprint density at radius 1 is 0.857 bits per heavy atom. The summed E-state index contributed by atoms with van der Waals surface area (Å²) in [4.78, 5) is 13.5. The Labute approximate surface area is 222 Å². The fraction of sp³-hybridized carbons (Fsp3) is 0.233. The summed E-state index contributed by atoms with van der Waals surface area (Å²) in [5, 5.41) is 0. The molecule has 0 fully saturated rings. The Balaban J connectivity index is 0.00000289. The van der Waals surface area contributed by atoms with Gasteiger partial charge in [-0.2, -0.15) is 12.1 Å². The van der Waals surface area contributed by atoms with Gasteiger partial charge in [0.15, 0.2) is 0 Å². The molecule has 1 aliphatic heterocycles.